The third-order valence-electron chi connectivity index (χ3n) is 6.30. The monoisotopic (exact) mass is 507 g/mol. The number of nitrogens with zero attached hydrogens (tertiary/aromatic N) is 2. The predicted octanol–water partition coefficient (Wildman–Crippen LogP) is 5.07. The Kier molecular flexibility index (Phi) is 9.47. The largest absolute Gasteiger partial charge is 0.481 e. The SMILES string of the molecule is CN1CCC(CC(C(=O)O)c2ccc(C=CC(=O)N(NC(=O)OC(C)(C)C)c3ccccc3)cc2)CC1. The smallest absolute Gasteiger partial charge is 0.427 e. The van der Waals surface area contributed by atoms with Gasteiger partial charge in [-0.1, -0.05) is 42.5 Å². The lowest BCUT2D eigenvalue weighted by Crippen LogP contribution is -2.47. The molecular formula is C29H37N3O5. The van der Waals surface area contributed by atoms with Crippen LogP contribution in [0.15, 0.2) is 60.7 Å². The molecule has 0 aliphatic carbocycles. The molecule has 1 aliphatic rings. The van der Waals surface area contributed by atoms with Gasteiger partial charge in [-0.05, 0) is 95.4 Å². The molecule has 2 amide bonds. The van der Waals surface area contributed by atoms with Crippen LogP contribution in [-0.4, -0.2) is 53.7 Å². The second-order valence-corrected chi connectivity index (χ2v) is 10.5. The number of hydrogen-bond donors (Lipinski definition) is 2. The van der Waals surface area contributed by atoms with Gasteiger partial charge in [-0.15, -0.1) is 0 Å². The first-order valence-corrected chi connectivity index (χ1v) is 12.6. The van der Waals surface area contributed by atoms with Gasteiger partial charge in [0.05, 0.1) is 11.6 Å². The van der Waals surface area contributed by atoms with Gasteiger partial charge in [0.1, 0.15) is 5.60 Å². The summed E-state index contributed by atoms with van der Waals surface area (Å²) in [6, 6.07) is 16.0. The molecular weight excluding hydrogens is 470 g/mol. The number of ether oxygens (including phenoxy) is 1. The maximum Gasteiger partial charge on any atom is 0.427 e. The molecule has 1 heterocycles. The molecule has 2 aromatic carbocycles. The molecule has 1 atom stereocenters. The maximum absolute atomic E-state index is 13.0. The molecule has 1 unspecified atom stereocenters. The van der Waals surface area contributed by atoms with E-state index in [-0.39, 0.29) is 0 Å². The lowest BCUT2D eigenvalue weighted by atomic mass is 9.84. The third kappa shape index (κ3) is 8.75. The Bertz CT molecular complexity index is 1080. The number of nitrogens with one attached hydrogen (secondary N) is 1. The van der Waals surface area contributed by atoms with Crippen molar-refractivity contribution >= 4 is 29.7 Å². The first-order chi connectivity index (χ1) is 17.5. The van der Waals surface area contributed by atoms with Crippen LogP contribution in [0.5, 0.6) is 0 Å². The molecule has 0 bridgehead atoms. The van der Waals surface area contributed by atoms with Crippen LogP contribution in [0.4, 0.5) is 10.5 Å². The van der Waals surface area contributed by atoms with Gasteiger partial charge in [0, 0.05) is 6.08 Å². The molecule has 0 spiro atoms. The molecule has 0 saturated carbocycles. The topological polar surface area (TPSA) is 99.2 Å². The van der Waals surface area contributed by atoms with Gasteiger partial charge < -0.3 is 14.7 Å². The van der Waals surface area contributed by atoms with Crippen molar-refractivity contribution in [2.45, 2.75) is 51.6 Å². The molecule has 1 aliphatic heterocycles. The van der Waals surface area contributed by atoms with Crippen molar-refractivity contribution in [3.63, 3.8) is 0 Å². The number of carboxylic acids is 1. The summed E-state index contributed by atoms with van der Waals surface area (Å²) in [7, 11) is 2.09. The Morgan fingerprint density at radius 2 is 1.70 bits per heavy atom. The average Bonchev–Trinajstić information content (AvgIpc) is 2.85. The van der Waals surface area contributed by atoms with Crippen molar-refractivity contribution < 1.29 is 24.2 Å². The van der Waals surface area contributed by atoms with Gasteiger partial charge in [0.15, 0.2) is 0 Å². The number of carboxylic acid groups (broad SMARTS) is 1. The molecule has 2 aromatic rings. The van der Waals surface area contributed by atoms with Gasteiger partial charge in [0.2, 0.25) is 0 Å². The Morgan fingerprint density at radius 3 is 2.27 bits per heavy atom. The van der Waals surface area contributed by atoms with Crippen molar-refractivity contribution in [2.24, 2.45) is 5.92 Å². The number of anilines is 1. The summed E-state index contributed by atoms with van der Waals surface area (Å²) < 4.78 is 5.30. The number of aliphatic carboxylic acids is 1. The molecule has 1 saturated heterocycles. The minimum atomic E-state index is -0.816. The van der Waals surface area contributed by atoms with E-state index in [2.05, 4.69) is 17.4 Å². The van der Waals surface area contributed by atoms with E-state index >= 15 is 0 Å². The molecule has 8 heteroatoms. The van der Waals surface area contributed by atoms with Crippen LogP contribution < -0.4 is 10.4 Å². The van der Waals surface area contributed by atoms with Crippen LogP contribution in [0.1, 0.15) is 57.1 Å². The first-order valence-electron chi connectivity index (χ1n) is 12.6. The number of carbonyl (C=O) groups is 3. The predicted molar refractivity (Wildman–Crippen MR) is 144 cm³/mol. The van der Waals surface area contributed by atoms with Crippen molar-refractivity contribution in [2.75, 3.05) is 25.1 Å². The van der Waals surface area contributed by atoms with Crippen LogP contribution in [-0.2, 0) is 14.3 Å². The number of para-hydroxylation sites is 1. The minimum absolute atomic E-state index is 0.399. The standard InChI is InChI=1S/C29H37N3O5/c1-29(2,3)37-28(36)30-32(24-8-6-5-7-9-24)26(33)15-12-21-10-13-23(14-11-21)25(27(34)35)20-22-16-18-31(4)19-17-22/h5-15,22,25H,16-20H2,1-4H3,(H,30,36)(H,34,35). The zero-order valence-corrected chi connectivity index (χ0v) is 22.0. The van der Waals surface area contributed by atoms with Gasteiger partial charge in [0.25, 0.3) is 5.91 Å². The van der Waals surface area contributed by atoms with E-state index < -0.39 is 29.5 Å². The van der Waals surface area contributed by atoms with Crippen LogP contribution in [0.25, 0.3) is 6.08 Å². The van der Waals surface area contributed by atoms with Crippen molar-refractivity contribution in [1.29, 1.82) is 0 Å². The van der Waals surface area contributed by atoms with Crippen LogP contribution in [0.3, 0.4) is 0 Å². The molecule has 8 nitrogen and oxygen atoms in total. The summed E-state index contributed by atoms with van der Waals surface area (Å²) in [5, 5.41) is 11.0. The molecule has 0 aromatic heterocycles. The average molecular weight is 508 g/mol. The molecule has 1 fully saturated rings. The quantitative estimate of drug-likeness (QED) is 0.401. The van der Waals surface area contributed by atoms with E-state index in [4.69, 9.17) is 4.74 Å². The normalized spacial score (nSPS) is 15.8. The number of benzene rings is 2. The second-order valence-electron chi connectivity index (χ2n) is 10.5. The molecule has 0 radical (unpaired) electrons. The summed E-state index contributed by atoms with van der Waals surface area (Å²) in [6.07, 6.45) is 4.89. The highest BCUT2D eigenvalue weighted by Crippen LogP contribution is 2.30. The molecule has 198 valence electrons. The van der Waals surface area contributed by atoms with Crippen molar-refractivity contribution in [1.82, 2.24) is 10.3 Å². The number of hydrogen-bond acceptors (Lipinski definition) is 5. The second kappa shape index (κ2) is 12.5. The van der Waals surface area contributed by atoms with Gasteiger partial charge in [-0.2, -0.15) is 0 Å². The number of hydrazine groups is 1. The van der Waals surface area contributed by atoms with Gasteiger partial charge >= 0.3 is 12.1 Å². The fourth-order valence-corrected chi connectivity index (χ4v) is 4.31. The lowest BCUT2D eigenvalue weighted by Gasteiger charge is -2.30. The summed E-state index contributed by atoms with van der Waals surface area (Å²) in [5.74, 6) is -1.44. The van der Waals surface area contributed by atoms with Gasteiger partial charge in [-0.25, -0.2) is 15.2 Å². The zero-order chi connectivity index (χ0) is 27.0. The highest BCUT2D eigenvalue weighted by molar-refractivity contribution is 6.04. The number of piperidine rings is 1. The zero-order valence-electron chi connectivity index (χ0n) is 22.0. The van der Waals surface area contributed by atoms with Crippen LogP contribution in [0, 0.1) is 5.92 Å². The Balaban J connectivity index is 1.70. The Labute approximate surface area is 218 Å². The molecule has 2 N–H and O–H groups in total. The molecule has 3 rings (SSSR count). The summed E-state index contributed by atoms with van der Waals surface area (Å²) in [4.78, 5) is 39.6. The summed E-state index contributed by atoms with van der Waals surface area (Å²) in [5.41, 5.74) is 3.77. The highest BCUT2D eigenvalue weighted by Gasteiger charge is 2.26. The number of amides is 2. The van der Waals surface area contributed by atoms with Crippen LogP contribution >= 0.6 is 0 Å². The van der Waals surface area contributed by atoms with Crippen molar-refractivity contribution in [3.8, 4) is 0 Å². The Hall–Kier alpha value is -3.65. The lowest BCUT2D eigenvalue weighted by molar-refractivity contribution is -0.139. The first kappa shape index (κ1) is 27.9. The van der Waals surface area contributed by atoms with E-state index in [1.54, 1.807) is 63.2 Å². The fraction of sp³-hybridized carbons (Fsp3) is 0.414. The van der Waals surface area contributed by atoms with Crippen LogP contribution in [0.2, 0.25) is 0 Å². The van der Waals surface area contributed by atoms with E-state index in [1.807, 2.05) is 18.2 Å². The Morgan fingerprint density at radius 1 is 1.08 bits per heavy atom. The fourth-order valence-electron chi connectivity index (χ4n) is 4.31. The van der Waals surface area contributed by atoms with E-state index in [1.165, 1.54) is 6.08 Å². The number of rotatable bonds is 7. The molecule has 37 heavy (non-hydrogen) atoms. The summed E-state index contributed by atoms with van der Waals surface area (Å²) >= 11 is 0. The van der Waals surface area contributed by atoms with E-state index in [0.29, 0.717) is 18.0 Å². The van der Waals surface area contributed by atoms with Crippen molar-refractivity contribution in [3.05, 3.63) is 71.8 Å². The highest BCUT2D eigenvalue weighted by atomic mass is 16.6. The number of carbonyl (C=O) groups excluding carboxylic acids is 2. The number of likely N-dealkylation sites (tertiary alicyclic amines) is 1. The minimum Gasteiger partial charge on any atom is -0.481 e. The van der Waals surface area contributed by atoms with Gasteiger partial charge in [-0.3, -0.25) is 9.59 Å². The van der Waals surface area contributed by atoms with E-state index in [9.17, 15) is 19.5 Å². The van der Waals surface area contributed by atoms with E-state index in [0.717, 1.165) is 42.1 Å². The summed E-state index contributed by atoms with van der Waals surface area (Å²) in [6.45, 7) is 7.23. The third-order valence-corrected chi connectivity index (χ3v) is 6.30. The maximum atomic E-state index is 13.0.